The fourth-order valence-corrected chi connectivity index (χ4v) is 13.5. The van der Waals surface area contributed by atoms with Gasteiger partial charge in [0, 0.05) is 25.7 Å². The lowest BCUT2D eigenvalue weighted by Crippen LogP contribution is -2.30. The maximum absolute atomic E-state index is 13.1. The molecule has 0 bridgehead atoms. The normalized spacial score (nSPS) is 14.5. The van der Waals surface area contributed by atoms with Crippen molar-refractivity contribution in [3.63, 3.8) is 0 Å². The molecule has 0 amide bonds. The highest BCUT2D eigenvalue weighted by Crippen LogP contribution is 2.45. The van der Waals surface area contributed by atoms with Crippen LogP contribution in [-0.4, -0.2) is 96.7 Å². The van der Waals surface area contributed by atoms with E-state index in [4.69, 9.17) is 37.0 Å². The summed E-state index contributed by atoms with van der Waals surface area (Å²) in [4.78, 5) is 72.8. The van der Waals surface area contributed by atoms with Crippen molar-refractivity contribution in [3.8, 4) is 0 Å². The molecule has 7 atom stereocenters. The van der Waals surface area contributed by atoms with Gasteiger partial charge < -0.3 is 33.8 Å². The number of carbonyl (C=O) groups is 4. The van der Waals surface area contributed by atoms with Gasteiger partial charge in [0.15, 0.2) is 12.2 Å². The third-order valence-corrected chi connectivity index (χ3v) is 20.8. The minimum atomic E-state index is -4.96. The van der Waals surface area contributed by atoms with Crippen molar-refractivity contribution < 1.29 is 80.2 Å². The predicted octanol–water partition coefficient (Wildman–Crippen LogP) is 23.1. The topological polar surface area (TPSA) is 237 Å². The smallest absolute Gasteiger partial charge is 0.462 e. The Morgan fingerprint density at radius 3 is 0.732 bits per heavy atom. The number of carbonyl (C=O) groups excluding carboxylic acids is 4. The van der Waals surface area contributed by atoms with E-state index < -0.39 is 97.5 Å². The molecule has 17 nitrogen and oxygen atoms in total. The van der Waals surface area contributed by atoms with Crippen molar-refractivity contribution in [2.24, 2.45) is 11.8 Å². The van der Waals surface area contributed by atoms with E-state index in [0.717, 1.165) is 108 Å². The van der Waals surface area contributed by atoms with Gasteiger partial charge in [-0.1, -0.05) is 356 Å². The second kappa shape index (κ2) is 69.8. The van der Waals surface area contributed by atoms with Crippen LogP contribution in [0.5, 0.6) is 0 Å². The van der Waals surface area contributed by atoms with Gasteiger partial charge in [-0.15, -0.1) is 0 Å². The quantitative estimate of drug-likeness (QED) is 0.0222. The van der Waals surface area contributed by atoms with Crippen molar-refractivity contribution in [2.45, 2.75) is 426 Å². The molecule has 19 heteroatoms. The van der Waals surface area contributed by atoms with Crippen LogP contribution in [0.3, 0.4) is 0 Å². The van der Waals surface area contributed by atoms with E-state index >= 15 is 0 Å². The SMILES string of the molecule is CCCCCCCCCCCCCCCCCCCCCCCCC(=O)O[C@H](COC(=O)CCCCCCCCCCCCCCC)COP(=O)(O)OC[C@@H](O)COP(=O)(O)OC[C@@H](COC(=O)CCCCCCCCC(C)CC)OC(=O)CCCCCCCCCCC(C)CC. The number of ether oxygens (including phenoxy) is 4. The van der Waals surface area contributed by atoms with E-state index in [1.165, 1.54) is 218 Å². The molecule has 576 valence electrons. The van der Waals surface area contributed by atoms with Crippen molar-refractivity contribution in [3.05, 3.63) is 0 Å². The first-order valence-electron chi connectivity index (χ1n) is 40.6. The molecule has 0 heterocycles. The van der Waals surface area contributed by atoms with Crippen molar-refractivity contribution in [1.29, 1.82) is 0 Å². The molecule has 0 saturated heterocycles. The number of phosphoric acid groups is 2. The Balaban J connectivity index is 5.19. The Kier molecular flexibility index (Phi) is 68.4. The lowest BCUT2D eigenvalue weighted by atomic mass is 9.99. The number of unbranched alkanes of at least 4 members (excludes halogenated alkanes) is 45. The van der Waals surface area contributed by atoms with Crippen molar-refractivity contribution >= 4 is 39.5 Å². The van der Waals surface area contributed by atoms with E-state index in [-0.39, 0.29) is 25.7 Å². The van der Waals surface area contributed by atoms with Gasteiger partial charge in [0.05, 0.1) is 26.4 Å². The Bertz CT molecular complexity index is 1880. The van der Waals surface area contributed by atoms with Gasteiger partial charge in [-0.3, -0.25) is 37.3 Å². The molecule has 0 aliphatic carbocycles. The zero-order valence-corrected chi connectivity index (χ0v) is 65.2. The van der Waals surface area contributed by atoms with Crippen LogP contribution in [0, 0.1) is 11.8 Å². The molecular weight excluding hydrogens is 1270 g/mol. The highest BCUT2D eigenvalue weighted by molar-refractivity contribution is 7.47. The number of phosphoric ester groups is 2. The number of hydrogen-bond acceptors (Lipinski definition) is 15. The first-order valence-corrected chi connectivity index (χ1v) is 43.6. The van der Waals surface area contributed by atoms with Gasteiger partial charge in [-0.05, 0) is 37.5 Å². The van der Waals surface area contributed by atoms with Crippen LogP contribution >= 0.6 is 15.6 Å². The van der Waals surface area contributed by atoms with Gasteiger partial charge in [-0.25, -0.2) is 9.13 Å². The van der Waals surface area contributed by atoms with E-state index in [2.05, 4.69) is 41.5 Å². The molecule has 0 aliphatic rings. The monoisotopic (exact) mass is 1420 g/mol. The minimum absolute atomic E-state index is 0.104. The molecule has 0 aromatic heterocycles. The predicted molar refractivity (Wildman–Crippen MR) is 395 cm³/mol. The standard InChI is InChI=1S/C78H152O17P2/c1-7-11-13-15-17-19-21-23-24-25-26-27-28-29-30-31-33-35-37-42-50-56-62-77(82)94-73(66-88-75(80)60-54-48-41-36-34-32-22-20-18-16-14-12-8-2)68-92-96(84,85)90-64-72(79)65-91-97(86,87)93-69-74(67-89-76(81)61-55-49-45-44-47-53-59-71(6)10-4)95-78(83)63-57-51-43-39-38-40-46-52-58-70(5)9-3/h70-74,79H,7-69H2,1-6H3,(H,84,85)(H,86,87)/t70?,71?,72-,73-,74-/m1/s1. The average molecular weight is 1420 g/mol. The molecule has 0 aromatic carbocycles. The summed E-state index contributed by atoms with van der Waals surface area (Å²) in [7, 11) is -9.91. The van der Waals surface area contributed by atoms with Crippen molar-refractivity contribution in [2.75, 3.05) is 39.6 Å². The van der Waals surface area contributed by atoms with Crippen LogP contribution < -0.4 is 0 Å². The summed E-state index contributed by atoms with van der Waals surface area (Å²) >= 11 is 0. The summed E-state index contributed by atoms with van der Waals surface area (Å²) in [6.07, 6.45) is 58.4. The molecule has 0 rings (SSSR count). The van der Waals surface area contributed by atoms with Gasteiger partial charge >= 0.3 is 39.5 Å². The summed E-state index contributed by atoms with van der Waals surface area (Å²) in [5, 5.41) is 10.6. The second-order valence-corrected chi connectivity index (χ2v) is 31.5. The van der Waals surface area contributed by atoms with Crippen LogP contribution in [0.1, 0.15) is 408 Å². The maximum Gasteiger partial charge on any atom is 0.472 e. The number of aliphatic hydroxyl groups excluding tert-OH is 1. The van der Waals surface area contributed by atoms with Gasteiger partial charge in [0.25, 0.3) is 0 Å². The maximum atomic E-state index is 13.1. The van der Waals surface area contributed by atoms with Gasteiger partial charge in [0.1, 0.15) is 19.3 Å². The number of esters is 4. The first-order chi connectivity index (χ1) is 46.9. The zero-order chi connectivity index (χ0) is 71.4. The van der Waals surface area contributed by atoms with E-state index in [9.17, 15) is 43.2 Å². The molecule has 3 N–H and O–H groups in total. The third kappa shape index (κ3) is 69.5. The van der Waals surface area contributed by atoms with Crippen LogP contribution in [0.2, 0.25) is 0 Å². The molecular formula is C78H152O17P2. The van der Waals surface area contributed by atoms with Crippen LogP contribution in [0.4, 0.5) is 0 Å². The largest absolute Gasteiger partial charge is 0.472 e. The summed E-state index contributed by atoms with van der Waals surface area (Å²) in [5.41, 5.74) is 0. The van der Waals surface area contributed by atoms with Crippen LogP contribution in [-0.2, 0) is 65.4 Å². The van der Waals surface area contributed by atoms with E-state index in [1.54, 1.807) is 0 Å². The number of rotatable bonds is 77. The molecule has 0 spiro atoms. The fourth-order valence-electron chi connectivity index (χ4n) is 11.9. The fraction of sp³-hybridized carbons (Fsp3) is 0.949. The summed E-state index contributed by atoms with van der Waals surface area (Å²) in [5.74, 6) is -0.617. The Morgan fingerprint density at radius 2 is 0.495 bits per heavy atom. The van der Waals surface area contributed by atoms with Crippen LogP contribution in [0.25, 0.3) is 0 Å². The summed E-state index contributed by atoms with van der Waals surface area (Å²) in [6.45, 7) is 9.56. The van der Waals surface area contributed by atoms with Gasteiger partial charge in [-0.2, -0.15) is 0 Å². The molecule has 4 unspecified atom stereocenters. The van der Waals surface area contributed by atoms with Crippen molar-refractivity contribution in [1.82, 2.24) is 0 Å². The molecule has 0 radical (unpaired) electrons. The highest BCUT2D eigenvalue weighted by Gasteiger charge is 2.30. The third-order valence-electron chi connectivity index (χ3n) is 18.9. The molecule has 0 fully saturated rings. The molecule has 0 saturated carbocycles. The highest BCUT2D eigenvalue weighted by atomic mass is 31.2. The Morgan fingerprint density at radius 1 is 0.289 bits per heavy atom. The second-order valence-electron chi connectivity index (χ2n) is 28.6. The Labute approximate surface area is 594 Å². The summed E-state index contributed by atoms with van der Waals surface area (Å²) < 4.78 is 68.6. The van der Waals surface area contributed by atoms with E-state index in [1.807, 2.05) is 0 Å². The minimum Gasteiger partial charge on any atom is -0.462 e. The average Bonchev–Trinajstić information content (AvgIpc) is 1.76. The van der Waals surface area contributed by atoms with Gasteiger partial charge in [0.2, 0.25) is 0 Å². The zero-order valence-electron chi connectivity index (χ0n) is 63.4. The number of aliphatic hydroxyl groups is 1. The molecule has 0 aromatic rings. The van der Waals surface area contributed by atoms with E-state index in [0.29, 0.717) is 25.7 Å². The lowest BCUT2D eigenvalue weighted by Gasteiger charge is -2.21. The lowest BCUT2D eigenvalue weighted by molar-refractivity contribution is -0.161. The number of hydrogen-bond donors (Lipinski definition) is 3. The Hall–Kier alpha value is -1.94. The van der Waals surface area contributed by atoms with Crippen LogP contribution in [0.15, 0.2) is 0 Å². The summed E-state index contributed by atoms with van der Waals surface area (Å²) in [6, 6.07) is 0. The molecule has 0 aliphatic heterocycles. The first kappa shape index (κ1) is 95.1. The molecule has 97 heavy (non-hydrogen) atoms.